The van der Waals surface area contributed by atoms with Gasteiger partial charge in [-0.05, 0) is 39.1 Å². The van der Waals surface area contributed by atoms with Crippen LogP contribution in [-0.2, 0) is 0 Å². The van der Waals surface area contributed by atoms with Crippen molar-refractivity contribution in [3.8, 4) is 5.75 Å². The zero-order valence-corrected chi connectivity index (χ0v) is 12.3. The number of benzene rings is 1. The maximum atomic E-state index is 12.4. The van der Waals surface area contributed by atoms with Crippen LogP contribution in [0.1, 0.15) is 37.0 Å². The lowest BCUT2D eigenvalue weighted by molar-refractivity contribution is -0.124. The molecule has 1 N–H and O–H groups in total. The number of alkyl halides is 2. The number of phenolic OH excluding ortho intramolecular Hbond substituents is 1. The van der Waals surface area contributed by atoms with Gasteiger partial charge >= 0.3 is 0 Å². The quantitative estimate of drug-likeness (QED) is 0.869. The van der Waals surface area contributed by atoms with Crippen molar-refractivity contribution in [2.75, 3.05) is 7.05 Å². The van der Waals surface area contributed by atoms with Crippen LogP contribution in [0.25, 0.3) is 0 Å². The molecule has 1 saturated carbocycles. The van der Waals surface area contributed by atoms with Gasteiger partial charge < -0.3 is 10.0 Å². The molecule has 1 aromatic carbocycles. The van der Waals surface area contributed by atoms with Gasteiger partial charge in [0.15, 0.2) is 6.29 Å². The van der Waals surface area contributed by atoms with Crippen molar-refractivity contribution in [3.63, 3.8) is 0 Å². The van der Waals surface area contributed by atoms with Crippen molar-refractivity contribution in [3.05, 3.63) is 29.6 Å². The molecule has 1 aliphatic rings. The van der Waals surface area contributed by atoms with E-state index in [-0.39, 0.29) is 30.2 Å². The van der Waals surface area contributed by atoms with Crippen molar-refractivity contribution in [1.82, 2.24) is 4.90 Å². The fourth-order valence-corrected chi connectivity index (χ4v) is 1.96. The Morgan fingerprint density at radius 2 is 1.95 bits per heavy atom. The standard InChI is InChI=1S/C8H15F2N.C7H5FO2/c1-6(2)11(3)7-4-8(9,10)5-7;8-6-1-2-7(10)5(3-6)4-9/h6-7H,4-5H2,1-3H3;1-4,10H. The summed E-state index contributed by atoms with van der Waals surface area (Å²) in [5.74, 6) is -3.11. The van der Waals surface area contributed by atoms with E-state index in [4.69, 9.17) is 5.11 Å². The molecular formula is C15H20F3NO2. The van der Waals surface area contributed by atoms with E-state index in [2.05, 4.69) is 0 Å². The smallest absolute Gasteiger partial charge is 0.251 e. The summed E-state index contributed by atoms with van der Waals surface area (Å²) in [6.07, 6.45) is 0.488. The van der Waals surface area contributed by atoms with E-state index in [0.29, 0.717) is 12.3 Å². The zero-order valence-electron chi connectivity index (χ0n) is 12.3. The van der Waals surface area contributed by atoms with E-state index in [0.717, 1.165) is 18.2 Å². The summed E-state index contributed by atoms with van der Waals surface area (Å²) in [7, 11) is 1.91. The summed E-state index contributed by atoms with van der Waals surface area (Å²) >= 11 is 0. The summed E-state index contributed by atoms with van der Waals surface area (Å²) in [6.45, 7) is 4.05. The minimum Gasteiger partial charge on any atom is -0.507 e. The van der Waals surface area contributed by atoms with Crippen LogP contribution in [0, 0.1) is 5.82 Å². The predicted octanol–water partition coefficient (Wildman–Crippen LogP) is 3.47. The first kappa shape index (κ1) is 17.5. The Morgan fingerprint density at radius 1 is 1.38 bits per heavy atom. The second-order valence-corrected chi connectivity index (χ2v) is 5.50. The topological polar surface area (TPSA) is 40.5 Å². The molecule has 0 aromatic heterocycles. The van der Waals surface area contributed by atoms with Gasteiger partial charge in [-0.2, -0.15) is 0 Å². The molecule has 0 unspecified atom stereocenters. The lowest BCUT2D eigenvalue weighted by atomic mass is 9.86. The highest BCUT2D eigenvalue weighted by Crippen LogP contribution is 2.40. The Hall–Kier alpha value is -1.56. The first-order valence-electron chi connectivity index (χ1n) is 6.69. The van der Waals surface area contributed by atoms with Gasteiger partial charge in [-0.15, -0.1) is 0 Å². The van der Waals surface area contributed by atoms with Crippen molar-refractivity contribution < 1.29 is 23.1 Å². The third kappa shape index (κ3) is 5.04. The molecule has 118 valence electrons. The Labute approximate surface area is 122 Å². The van der Waals surface area contributed by atoms with E-state index in [1.54, 1.807) is 0 Å². The third-order valence-corrected chi connectivity index (χ3v) is 3.58. The Morgan fingerprint density at radius 3 is 2.33 bits per heavy atom. The van der Waals surface area contributed by atoms with Gasteiger partial charge in [0.1, 0.15) is 11.6 Å². The average molecular weight is 303 g/mol. The van der Waals surface area contributed by atoms with Crippen molar-refractivity contribution in [2.24, 2.45) is 0 Å². The van der Waals surface area contributed by atoms with Gasteiger partial charge in [-0.1, -0.05) is 0 Å². The number of aromatic hydroxyl groups is 1. The molecule has 1 aromatic rings. The normalized spacial score (nSPS) is 17.1. The maximum Gasteiger partial charge on any atom is 0.251 e. The summed E-state index contributed by atoms with van der Waals surface area (Å²) in [6, 6.07) is 3.67. The molecule has 3 nitrogen and oxygen atoms in total. The summed E-state index contributed by atoms with van der Waals surface area (Å²) < 4.78 is 37.0. The van der Waals surface area contributed by atoms with E-state index >= 15 is 0 Å². The second kappa shape index (κ2) is 6.93. The lowest BCUT2D eigenvalue weighted by Gasteiger charge is -2.42. The number of halogens is 3. The average Bonchev–Trinajstić information content (AvgIpc) is 2.38. The minimum absolute atomic E-state index is 0.0278. The molecule has 0 saturated heterocycles. The highest BCUT2D eigenvalue weighted by Gasteiger charge is 2.47. The monoisotopic (exact) mass is 303 g/mol. The van der Waals surface area contributed by atoms with Crippen LogP contribution in [0.3, 0.4) is 0 Å². The van der Waals surface area contributed by atoms with Crippen LogP contribution < -0.4 is 0 Å². The molecule has 0 aliphatic heterocycles. The van der Waals surface area contributed by atoms with Crippen LogP contribution in [0.15, 0.2) is 18.2 Å². The number of aldehydes is 1. The minimum atomic E-state index is -2.38. The molecule has 0 radical (unpaired) electrons. The van der Waals surface area contributed by atoms with Gasteiger partial charge in [0, 0.05) is 24.9 Å². The molecule has 0 spiro atoms. The number of hydrogen-bond acceptors (Lipinski definition) is 3. The van der Waals surface area contributed by atoms with Crippen molar-refractivity contribution in [1.29, 1.82) is 0 Å². The van der Waals surface area contributed by atoms with Crippen LogP contribution in [-0.4, -0.2) is 41.3 Å². The number of rotatable bonds is 3. The number of phenols is 1. The molecule has 0 amide bonds. The van der Waals surface area contributed by atoms with E-state index in [9.17, 15) is 18.0 Å². The molecular weight excluding hydrogens is 283 g/mol. The largest absolute Gasteiger partial charge is 0.507 e. The van der Waals surface area contributed by atoms with E-state index in [1.807, 2.05) is 25.8 Å². The SMILES string of the molecule is CC(C)N(C)C1CC(F)(F)C1.O=Cc1cc(F)ccc1O. The molecule has 21 heavy (non-hydrogen) atoms. The number of hydrogen-bond donors (Lipinski definition) is 1. The molecule has 0 bridgehead atoms. The maximum absolute atomic E-state index is 12.4. The Bertz CT molecular complexity index is 484. The number of carbonyl (C=O) groups is 1. The Kier molecular flexibility index (Phi) is 5.78. The zero-order chi connectivity index (χ0) is 16.2. The van der Waals surface area contributed by atoms with Crippen LogP contribution in [0.5, 0.6) is 5.75 Å². The van der Waals surface area contributed by atoms with Crippen LogP contribution >= 0.6 is 0 Å². The molecule has 6 heteroatoms. The lowest BCUT2D eigenvalue weighted by Crippen LogP contribution is -2.51. The molecule has 2 rings (SSSR count). The van der Waals surface area contributed by atoms with Gasteiger partial charge in [0.2, 0.25) is 0 Å². The molecule has 1 fully saturated rings. The van der Waals surface area contributed by atoms with Crippen LogP contribution in [0.4, 0.5) is 13.2 Å². The Balaban J connectivity index is 0.000000211. The van der Waals surface area contributed by atoms with Gasteiger partial charge in [0.25, 0.3) is 5.92 Å². The van der Waals surface area contributed by atoms with Gasteiger partial charge in [-0.25, -0.2) is 13.2 Å². The fraction of sp³-hybridized carbons (Fsp3) is 0.533. The first-order valence-corrected chi connectivity index (χ1v) is 6.69. The predicted molar refractivity (Wildman–Crippen MR) is 74.3 cm³/mol. The second-order valence-electron chi connectivity index (χ2n) is 5.50. The van der Waals surface area contributed by atoms with E-state index < -0.39 is 11.7 Å². The first-order chi connectivity index (χ1) is 9.66. The molecule has 1 aliphatic carbocycles. The molecule has 0 atom stereocenters. The van der Waals surface area contributed by atoms with Gasteiger partial charge in [0.05, 0.1) is 5.56 Å². The number of carbonyl (C=O) groups excluding carboxylic acids is 1. The highest BCUT2D eigenvalue weighted by molar-refractivity contribution is 5.78. The summed E-state index contributed by atoms with van der Waals surface area (Å²) in [5.41, 5.74) is -0.0278. The summed E-state index contributed by atoms with van der Waals surface area (Å²) in [4.78, 5) is 12.1. The third-order valence-electron chi connectivity index (χ3n) is 3.58. The van der Waals surface area contributed by atoms with Crippen molar-refractivity contribution in [2.45, 2.75) is 44.7 Å². The number of nitrogens with zero attached hydrogens (tertiary/aromatic N) is 1. The molecule has 0 heterocycles. The van der Waals surface area contributed by atoms with Gasteiger partial charge in [-0.3, -0.25) is 4.79 Å². The van der Waals surface area contributed by atoms with Crippen LogP contribution in [0.2, 0.25) is 0 Å². The van der Waals surface area contributed by atoms with Crippen molar-refractivity contribution >= 4 is 6.29 Å². The summed E-state index contributed by atoms with van der Waals surface area (Å²) in [5, 5.41) is 8.84. The van der Waals surface area contributed by atoms with E-state index in [1.165, 1.54) is 0 Å². The highest BCUT2D eigenvalue weighted by atomic mass is 19.3. The fourth-order valence-electron chi connectivity index (χ4n) is 1.96.